The van der Waals surface area contributed by atoms with Crippen molar-refractivity contribution in [1.29, 1.82) is 0 Å². The van der Waals surface area contributed by atoms with Crippen LogP contribution in [0.2, 0.25) is 0 Å². The number of anilines is 6. The van der Waals surface area contributed by atoms with E-state index in [1.165, 1.54) is 141 Å². The van der Waals surface area contributed by atoms with Crippen molar-refractivity contribution >= 4 is 99.5 Å². The molecule has 0 amide bonds. The van der Waals surface area contributed by atoms with Crippen molar-refractivity contribution in [3.8, 4) is 11.1 Å². The van der Waals surface area contributed by atoms with Crippen molar-refractivity contribution in [2.75, 3.05) is 9.80 Å². The van der Waals surface area contributed by atoms with E-state index in [-0.39, 0.29) is 0 Å². The minimum atomic E-state index is -0.818. The van der Waals surface area contributed by atoms with Gasteiger partial charge in [-0.1, -0.05) is 233 Å². The van der Waals surface area contributed by atoms with Crippen molar-refractivity contribution in [2.45, 2.75) is 95.3 Å². The van der Waals surface area contributed by atoms with E-state index in [2.05, 4.69) is 266 Å². The van der Waals surface area contributed by atoms with Gasteiger partial charge in [0.05, 0.1) is 28.2 Å². The van der Waals surface area contributed by atoms with E-state index in [1.54, 1.807) is 0 Å². The summed E-state index contributed by atoms with van der Waals surface area (Å²) in [4.78, 5) is 5.03. The van der Waals surface area contributed by atoms with E-state index in [0.29, 0.717) is 11.8 Å². The van der Waals surface area contributed by atoms with Crippen LogP contribution in [0.5, 0.6) is 0 Å². The second-order valence-electron chi connectivity index (χ2n) is 25.2. The van der Waals surface area contributed by atoms with E-state index < -0.39 is 5.41 Å². The van der Waals surface area contributed by atoms with Crippen LogP contribution in [0.1, 0.15) is 121 Å². The highest BCUT2D eigenvalue weighted by Gasteiger charge is 2.49. The van der Waals surface area contributed by atoms with Gasteiger partial charge in [0.1, 0.15) is 11.2 Å². The van der Waals surface area contributed by atoms with Crippen LogP contribution in [0, 0.1) is 13.8 Å². The maximum atomic E-state index is 7.45. The summed E-state index contributed by atoms with van der Waals surface area (Å²) in [6.45, 7) is 4.42. The molecule has 422 valence electrons. The normalized spacial score (nSPS) is 15.2. The molecule has 0 saturated heterocycles. The topological polar surface area (TPSA) is 32.8 Å². The molecule has 0 unspecified atom stereocenters. The molecule has 2 aromatic heterocycles. The number of hydrogen-bond acceptors (Lipinski definition) is 4. The molecule has 0 bridgehead atoms. The Morgan fingerprint density at radius 1 is 0.310 bits per heavy atom. The van der Waals surface area contributed by atoms with E-state index in [0.717, 1.165) is 78.0 Å². The first-order valence-corrected chi connectivity index (χ1v) is 31.9. The molecule has 0 aliphatic heterocycles. The highest BCUT2D eigenvalue weighted by molar-refractivity contribution is 6.20. The van der Waals surface area contributed by atoms with Gasteiger partial charge in [-0.25, -0.2) is 0 Å². The van der Waals surface area contributed by atoms with E-state index >= 15 is 0 Å². The van der Waals surface area contributed by atoms with Gasteiger partial charge in [0.15, 0.2) is 11.2 Å². The third kappa shape index (κ3) is 8.10. The molecule has 0 N–H and O–H groups in total. The fourth-order valence-electron chi connectivity index (χ4n) is 16.3. The summed E-state index contributed by atoms with van der Waals surface area (Å²) in [6.07, 6.45) is 12.5. The Hall–Kier alpha value is -9.64. The largest absolute Gasteiger partial charge is 0.454 e. The minimum absolute atomic E-state index is 0.490. The van der Waals surface area contributed by atoms with Crippen molar-refractivity contribution in [2.24, 2.45) is 0 Å². The van der Waals surface area contributed by atoms with Crippen LogP contribution in [0.3, 0.4) is 0 Å². The molecular formula is C83H68N2O2. The molecule has 0 radical (unpaired) electrons. The number of hydrogen-bond donors (Lipinski definition) is 0. The second kappa shape index (κ2) is 20.8. The molecule has 14 aromatic rings. The standard InChI is InChI=1S/C83H68N2O2/c1-53-25-19-35-59(49-53)84(73-47-23-45-69-67-43-21-41-61(79(67)86-81(69)73)55-27-7-3-8-28-55)75-51-71-77(65-39-17-15-37-63(65)75)78-66-40-18-16-38-64(66)76(52-72(78)83(71,57-31-11-5-12-32-57)58-33-13-6-14-34-58)85(60-36-20-26-54(2)50-60)74-48-24-46-70-68-44-22-42-62(80(68)87-82(70)74)56-29-9-4-10-30-56/h5-6,11-26,31-52,55-56H,3-4,7-10,27-30H2,1-2H3. The van der Waals surface area contributed by atoms with Crippen LogP contribution in [-0.4, -0.2) is 0 Å². The number of rotatable bonds is 10. The lowest BCUT2D eigenvalue weighted by Crippen LogP contribution is -2.29. The Kier molecular flexibility index (Phi) is 12.4. The second-order valence-corrected chi connectivity index (χ2v) is 25.2. The summed E-state index contributed by atoms with van der Waals surface area (Å²) in [7, 11) is 0. The van der Waals surface area contributed by atoms with E-state index in [1.807, 2.05) is 0 Å². The summed E-state index contributed by atoms with van der Waals surface area (Å²) in [5, 5.41) is 9.36. The average Bonchev–Trinajstić information content (AvgIpc) is 1.54. The fourth-order valence-corrected chi connectivity index (χ4v) is 16.3. The molecule has 12 aromatic carbocycles. The Bertz CT molecular complexity index is 4680. The Labute approximate surface area is 508 Å². The van der Waals surface area contributed by atoms with Gasteiger partial charge >= 0.3 is 0 Å². The van der Waals surface area contributed by atoms with Crippen LogP contribution >= 0.6 is 0 Å². The van der Waals surface area contributed by atoms with Gasteiger partial charge in [-0.15, -0.1) is 0 Å². The molecule has 3 aliphatic carbocycles. The molecule has 2 saturated carbocycles. The maximum Gasteiger partial charge on any atom is 0.159 e. The third-order valence-corrected chi connectivity index (χ3v) is 20.2. The smallest absolute Gasteiger partial charge is 0.159 e. The van der Waals surface area contributed by atoms with Gasteiger partial charge < -0.3 is 18.6 Å². The number of aryl methyl sites for hydroxylation is 2. The molecule has 17 rings (SSSR count). The first-order valence-electron chi connectivity index (χ1n) is 31.9. The predicted molar refractivity (Wildman–Crippen MR) is 364 cm³/mol. The van der Waals surface area contributed by atoms with Crippen LogP contribution in [0.15, 0.2) is 251 Å². The molecule has 2 fully saturated rings. The Balaban J connectivity index is 0.977. The monoisotopic (exact) mass is 1120 g/mol. The maximum absolute atomic E-state index is 7.45. The fraction of sp³-hybridized carbons (Fsp3) is 0.181. The lowest BCUT2D eigenvalue weighted by molar-refractivity contribution is 0.442. The molecule has 87 heavy (non-hydrogen) atoms. The zero-order valence-electron chi connectivity index (χ0n) is 49.5. The molecular weight excluding hydrogens is 1060 g/mol. The van der Waals surface area contributed by atoms with E-state index in [4.69, 9.17) is 8.83 Å². The van der Waals surface area contributed by atoms with Crippen LogP contribution in [0.25, 0.3) is 76.5 Å². The van der Waals surface area contributed by atoms with Crippen molar-refractivity contribution in [3.05, 3.63) is 287 Å². The number of furan rings is 2. The zero-order valence-corrected chi connectivity index (χ0v) is 49.5. The highest BCUT2D eigenvalue weighted by atomic mass is 16.3. The van der Waals surface area contributed by atoms with Crippen LogP contribution in [-0.2, 0) is 5.41 Å². The zero-order chi connectivity index (χ0) is 57.7. The lowest BCUT2D eigenvalue weighted by atomic mass is 9.67. The van der Waals surface area contributed by atoms with Gasteiger partial charge in [0, 0.05) is 43.7 Å². The van der Waals surface area contributed by atoms with Crippen molar-refractivity contribution in [1.82, 2.24) is 0 Å². The lowest BCUT2D eigenvalue weighted by Gasteiger charge is -2.36. The first kappa shape index (κ1) is 51.8. The van der Waals surface area contributed by atoms with E-state index in [9.17, 15) is 0 Å². The van der Waals surface area contributed by atoms with Crippen molar-refractivity contribution < 1.29 is 8.83 Å². The number of fused-ring (bicyclic) bond motifs is 13. The van der Waals surface area contributed by atoms with Crippen LogP contribution < -0.4 is 9.80 Å². The Morgan fingerprint density at radius 2 is 0.667 bits per heavy atom. The van der Waals surface area contributed by atoms with Gasteiger partial charge in [-0.3, -0.25) is 0 Å². The molecule has 3 aliphatic rings. The number of benzene rings is 12. The number of nitrogens with zero attached hydrogens (tertiary/aromatic N) is 2. The SMILES string of the molecule is Cc1cccc(N(c2cc3c(c4ccccc24)-c2c(cc(N(c4cccc(C)c4)c4cccc5c4oc4c(C6CCCCC6)cccc45)c4ccccc24)C3(c2ccccc2)c2ccccc2)c2cccc3c2oc2c(C4CCCCC4)cccc23)c1. The average molecular weight is 1130 g/mol. The quantitative estimate of drug-likeness (QED) is 0.137. The summed E-state index contributed by atoms with van der Waals surface area (Å²) in [5.41, 5.74) is 21.9. The summed E-state index contributed by atoms with van der Waals surface area (Å²) in [5.74, 6) is 0.980. The van der Waals surface area contributed by atoms with Gasteiger partial charge in [-0.05, 0) is 166 Å². The van der Waals surface area contributed by atoms with Gasteiger partial charge in [0.2, 0.25) is 0 Å². The predicted octanol–water partition coefficient (Wildman–Crippen LogP) is 23.8. The Morgan fingerprint density at radius 3 is 1.08 bits per heavy atom. The first-order chi connectivity index (χ1) is 43.0. The van der Waals surface area contributed by atoms with Crippen molar-refractivity contribution in [3.63, 3.8) is 0 Å². The molecule has 4 nitrogen and oxygen atoms in total. The molecule has 0 atom stereocenters. The van der Waals surface area contributed by atoms with Gasteiger partial charge in [0.25, 0.3) is 0 Å². The summed E-state index contributed by atoms with van der Waals surface area (Å²) >= 11 is 0. The highest BCUT2D eigenvalue weighted by Crippen LogP contribution is 2.63. The summed E-state index contributed by atoms with van der Waals surface area (Å²) in [6, 6.07) is 91.6. The van der Waals surface area contributed by atoms with Crippen LogP contribution in [0.4, 0.5) is 34.1 Å². The minimum Gasteiger partial charge on any atom is -0.454 e. The molecule has 2 heterocycles. The number of para-hydroxylation sites is 4. The molecule has 4 heteroatoms. The molecule has 0 spiro atoms. The third-order valence-electron chi connectivity index (χ3n) is 20.2. The van der Waals surface area contributed by atoms with Gasteiger partial charge in [-0.2, -0.15) is 0 Å². The summed E-state index contributed by atoms with van der Waals surface area (Å²) < 4.78 is 14.9.